The van der Waals surface area contributed by atoms with Crippen LogP contribution in [0.15, 0.2) is 77.5 Å². The van der Waals surface area contributed by atoms with Crippen molar-refractivity contribution in [2.45, 2.75) is 19.8 Å². The number of benzene rings is 3. The normalized spacial score (nSPS) is 13.6. The maximum Gasteiger partial charge on any atom is 0.283 e. The number of halogens is 3. The Kier molecular flexibility index (Phi) is 7.17. The molecule has 9 heteroatoms. The lowest BCUT2D eigenvalue weighted by atomic mass is 10.0. The van der Waals surface area contributed by atoms with E-state index in [1.165, 1.54) is 18.2 Å². The molecule has 0 unspecified atom stereocenters. The van der Waals surface area contributed by atoms with Crippen molar-refractivity contribution < 1.29 is 14.4 Å². The van der Waals surface area contributed by atoms with E-state index in [1.54, 1.807) is 24.3 Å². The Hall–Kier alpha value is -3.32. The molecule has 178 valence electrons. The summed E-state index contributed by atoms with van der Waals surface area (Å²) in [6.07, 6.45) is 0. The third kappa shape index (κ3) is 5.20. The third-order valence-corrected chi connectivity index (χ3v) is 6.15. The van der Waals surface area contributed by atoms with Crippen molar-refractivity contribution in [3.05, 3.63) is 98.6 Å². The van der Waals surface area contributed by atoms with Crippen LogP contribution in [0, 0.1) is 0 Å². The highest BCUT2D eigenvalue weighted by atomic mass is 35.5. The molecule has 3 aromatic rings. The summed E-state index contributed by atoms with van der Waals surface area (Å²) in [5, 5.41) is 6.06. The number of nitrogens with zero attached hydrogens (tertiary/aromatic N) is 1. The van der Waals surface area contributed by atoms with Crippen LogP contribution < -0.4 is 15.5 Å². The topological polar surface area (TPSA) is 78.5 Å². The Morgan fingerprint density at radius 1 is 0.857 bits per heavy atom. The average Bonchev–Trinajstić information content (AvgIpc) is 3.02. The summed E-state index contributed by atoms with van der Waals surface area (Å²) >= 11 is 18.3. The molecular weight excluding hydrogens is 509 g/mol. The van der Waals surface area contributed by atoms with Crippen molar-refractivity contribution in [3.63, 3.8) is 0 Å². The van der Waals surface area contributed by atoms with E-state index in [4.69, 9.17) is 34.8 Å². The van der Waals surface area contributed by atoms with Crippen LogP contribution in [0.5, 0.6) is 0 Å². The quantitative estimate of drug-likeness (QED) is 0.345. The highest BCUT2D eigenvalue weighted by Gasteiger charge is 2.39. The smallest absolute Gasteiger partial charge is 0.283 e. The molecular formula is C26H20Cl3N3O3. The summed E-state index contributed by atoms with van der Waals surface area (Å²) in [6, 6.07) is 18.5. The molecule has 0 aliphatic carbocycles. The van der Waals surface area contributed by atoms with Gasteiger partial charge in [-0.15, -0.1) is 0 Å². The van der Waals surface area contributed by atoms with Gasteiger partial charge in [0.15, 0.2) is 0 Å². The number of carbonyl (C=O) groups is 3. The SMILES string of the molecule is CC(C)c1ccccc1NC(=O)c1cccc(NC2=C(Cl)C(=O)N(c3cc(Cl)cc(Cl)c3)C2=O)c1. The molecule has 0 radical (unpaired) electrons. The van der Waals surface area contributed by atoms with Gasteiger partial charge in [0.2, 0.25) is 0 Å². The first-order valence-corrected chi connectivity index (χ1v) is 11.8. The Morgan fingerprint density at radius 2 is 1.54 bits per heavy atom. The van der Waals surface area contributed by atoms with Crippen molar-refractivity contribution in [2.75, 3.05) is 15.5 Å². The summed E-state index contributed by atoms with van der Waals surface area (Å²) in [7, 11) is 0. The van der Waals surface area contributed by atoms with Gasteiger partial charge in [-0.1, -0.05) is 72.9 Å². The fraction of sp³-hybridized carbons (Fsp3) is 0.115. The largest absolute Gasteiger partial charge is 0.350 e. The summed E-state index contributed by atoms with van der Waals surface area (Å²) in [5.74, 6) is -1.46. The van der Waals surface area contributed by atoms with E-state index in [1.807, 2.05) is 38.1 Å². The van der Waals surface area contributed by atoms with Crippen LogP contribution in [0.25, 0.3) is 0 Å². The van der Waals surface area contributed by atoms with Crippen molar-refractivity contribution >= 4 is 69.6 Å². The second-order valence-electron chi connectivity index (χ2n) is 8.16. The van der Waals surface area contributed by atoms with E-state index < -0.39 is 11.8 Å². The summed E-state index contributed by atoms with van der Waals surface area (Å²) in [5.41, 5.74) is 2.60. The fourth-order valence-electron chi connectivity index (χ4n) is 3.71. The zero-order valence-corrected chi connectivity index (χ0v) is 21.0. The average molecular weight is 529 g/mol. The van der Waals surface area contributed by atoms with E-state index in [2.05, 4.69) is 10.6 Å². The molecule has 1 heterocycles. The van der Waals surface area contributed by atoms with Gasteiger partial charge in [0.25, 0.3) is 17.7 Å². The molecule has 6 nitrogen and oxygen atoms in total. The first-order chi connectivity index (χ1) is 16.7. The number of imide groups is 1. The molecule has 3 aromatic carbocycles. The van der Waals surface area contributed by atoms with Gasteiger partial charge in [0.05, 0.1) is 5.69 Å². The Morgan fingerprint density at radius 3 is 2.23 bits per heavy atom. The number of para-hydroxylation sites is 1. The van der Waals surface area contributed by atoms with E-state index in [9.17, 15) is 14.4 Å². The number of hydrogen-bond acceptors (Lipinski definition) is 4. The number of rotatable bonds is 6. The Bertz CT molecular complexity index is 1360. The summed E-state index contributed by atoms with van der Waals surface area (Å²) in [6.45, 7) is 4.10. The standard InChI is InChI=1S/C26H20Cl3N3O3/c1-14(2)20-8-3-4-9-21(20)31-24(33)15-6-5-7-18(10-15)30-23-22(29)25(34)32(26(23)35)19-12-16(27)11-17(28)13-19/h3-14,30H,1-2H3,(H,31,33). The van der Waals surface area contributed by atoms with Crippen molar-refractivity contribution in [2.24, 2.45) is 0 Å². The summed E-state index contributed by atoms with van der Waals surface area (Å²) in [4.78, 5) is 39.6. The zero-order chi connectivity index (χ0) is 25.3. The first kappa shape index (κ1) is 24.8. The van der Waals surface area contributed by atoms with E-state index in [0.29, 0.717) is 11.3 Å². The van der Waals surface area contributed by atoms with Gasteiger partial charge in [-0.25, -0.2) is 4.90 Å². The van der Waals surface area contributed by atoms with Crippen molar-refractivity contribution in [3.8, 4) is 0 Å². The molecule has 35 heavy (non-hydrogen) atoms. The highest BCUT2D eigenvalue weighted by Crippen LogP contribution is 2.33. The molecule has 0 atom stereocenters. The molecule has 4 rings (SSSR count). The van der Waals surface area contributed by atoms with Crippen LogP contribution in [0.2, 0.25) is 10.0 Å². The minimum absolute atomic E-state index is 0.115. The zero-order valence-electron chi connectivity index (χ0n) is 18.7. The van der Waals surface area contributed by atoms with Gasteiger partial charge < -0.3 is 10.6 Å². The van der Waals surface area contributed by atoms with Crippen LogP contribution in [-0.4, -0.2) is 17.7 Å². The Balaban J connectivity index is 1.56. The highest BCUT2D eigenvalue weighted by molar-refractivity contribution is 6.53. The van der Waals surface area contributed by atoms with E-state index >= 15 is 0 Å². The summed E-state index contributed by atoms with van der Waals surface area (Å²) < 4.78 is 0. The number of hydrogen-bond donors (Lipinski definition) is 2. The molecule has 0 fully saturated rings. The molecule has 1 aliphatic heterocycles. The lowest BCUT2D eigenvalue weighted by molar-refractivity contribution is -0.120. The second-order valence-corrected chi connectivity index (χ2v) is 9.42. The van der Waals surface area contributed by atoms with Crippen LogP contribution in [0.1, 0.15) is 35.7 Å². The lowest BCUT2D eigenvalue weighted by Gasteiger charge is -2.16. The monoisotopic (exact) mass is 527 g/mol. The van der Waals surface area contributed by atoms with Gasteiger partial charge in [-0.05, 0) is 53.9 Å². The minimum atomic E-state index is -0.711. The molecule has 0 spiro atoms. The van der Waals surface area contributed by atoms with Gasteiger partial charge in [-0.3, -0.25) is 14.4 Å². The second kappa shape index (κ2) is 10.1. The molecule has 0 saturated carbocycles. The molecule has 0 saturated heterocycles. The first-order valence-electron chi connectivity index (χ1n) is 10.7. The maximum atomic E-state index is 13.0. The third-order valence-electron chi connectivity index (χ3n) is 5.36. The predicted molar refractivity (Wildman–Crippen MR) is 140 cm³/mol. The molecule has 1 aliphatic rings. The van der Waals surface area contributed by atoms with Crippen LogP contribution in [-0.2, 0) is 9.59 Å². The van der Waals surface area contributed by atoms with Gasteiger partial charge in [-0.2, -0.15) is 0 Å². The van der Waals surface area contributed by atoms with Crippen LogP contribution in [0.4, 0.5) is 17.1 Å². The number of anilines is 3. The Labute approximate surface area is 217 Å². The molecule has 0 bridgehead atoms. The number of amides is 3. The van der Waals surface area contributed by atoms with Crippen LogP contribution >= 0.6 is 34.8 Å². The molecule has 0 aromatic heterocycles. The van der Waals surface area contributed by atoms with E-state index in [-0.39, 0.29) is 38.3 Å². The molecule has 2 N–H and O–H groups in total. The number of nitrogens with one attached hydrogen (secondary N) is 2. The minimum Gasteiger partial charge on any atom is -0.350 e. The maximum absolute atomic E-state index is 13.0. The van der Waals surface area contributed by atoms with E-state index in [0.717, 1.165) is 16.2 Å². The molecule has 3 amide bonds. The van der Waals surface area contributed by atoms with Gasteiger partial charge in [0, 0.05) is 27.0 Å². The van der Waals surface area contributed by atoms with Crippen molar-refractivity contribution in [1.82, 2.24) is 0 Å². The van der Waals surface area contributed by atoms with Gasteiger partial charge in [0.1, 0.15) is 10.7 Å². The lowest BCUT2D eigenvalue weighted by Crippen LogP contribution is -2.32. The number of carbonyl (C=O) groups excluding carboxylic acids is 3. The predicted octanol–water partition coefficient (Wildman–Crippen LogP) is 6.80. The van der Waals surface area contributed by atoms with Crippen LogP contribution in [0.3, 0.4) is 0 Å². The van der Waals surface area contributed by atoms with Gasteiger partial charge >= 0.3 is 0 Å². The van der Waals surface area contributed by atoms with Crippen molar-refractivity contribution in [1.29, 1.82) is 0 Å². The fourth-order valence-corrected chi connectivity index (χ4v) is 4.43.